The second-order valence-corrected chi connectivity index (χ2v) is 6.07. The van der Waals surface area contributed by atoms with Crippen LogP contribution < -0.4 is 4.74 Å². The van der Waals surface area contributed by atoms with Gasteiger partial charge in [-0.25, -0.2) is 0 Å². The van der Waals surface area contributed by atoms with Crippen LogP contribution in [0, 0.1) is 20.8 Å². The van der Waals surface area contributed by atoms with Gasteiger partial charge in [0, 0.05) is 19.6 Å². The molecule has 0 amide bonds. The summed E-state index contributed by atoms with van der Waals surface area (Å²) in [5.41, 5.74) is 3.81. The van der Waals surface area contributed by atoms with Crippen LogP contribution in [0.3, 0.4) is 0 Å². The van der Waals surface area contributed by atoms with Crippen LogP contribution in [0.1, 0.15) is 30.5 Å². The molecule has 1 aromatic carbocycles. The van der Waals surface area contributed by atoms with Crippen molar-refractivity contribution in [3.05, 3.63) is 28.8 Å². The zero-order valence-corrected chi connectivity index (χ0v) is 13.4. The third-order valence-corrected chi connectivity index (χ3v) is 3.92. The molecule has 1 aliphatic heterocycles. The van der Waals surface area contributed by atoms with Crippen molar-refractivity contribution in [3.8, 4) is 5.75 Å². The van der Waals surface area contributed by atoms with Gasteiger partial charge in [-0.15, -0.1) is 0 Å². The van der Waals surface area contributed by atoms with Gasteiger partial charge in [0.15, 0.2) is 0 Å². The maximum atomic E-state index is 5.99. The first-order valence-corrected chi connectivity index (χ1v) is 7.54. The van der Waals surface area contributed by atoms with Gasteiger partial charge in [0.25, 0.3) is 0 Å². The van der Waals surface area contributed by atoms with Gasteiger partial charge in [0.05, 0.1) is 12.2 Å². The van der Waals surface area contributed by atoms with E-state index in [4.69, 9.17) is 9.47 Å². The van der Waals surface area contributed by atoms with Gasteiger partial charge in [-0.3, -0.25) is 4.90 Å². The van der Waals surface area contributed by atoms with Crippen molar-refractivity contribution in [3.63, 3.8) is 0 Å². The Balaban J connectivity index is 1.87. The Morgan fingerprint density at radius 1 is 1.15 bits per heavy atom. The second-order valence-electron chi connectivity index (χ2n) is 6.07. The van der Waals surface area contributed by atoms with Gasteiger partial charge >= 0.3 is 0 Å². The molecule has 0 spiro atoms. The summed E-state index contributed by atoms with van der Waals surface area (Å²) in [6.45, 7) is 14.4. The number of hydrogen-bond donors (Lipinski definition) is 0. The van der Waals surface area contributed by atoms with E-state index in [0.29, 0.717) is 12.2 Å². The fraction of sp³-hybridized carbons (Fsp3) is 0.647. The first-order valence-electron chi connectivity index (χ1n) is 7.54. The molecule has 0 bridgehead atoms. The molecule has 0 radical (unpaired) electrons. The molecule has 0 aliphatic carbocycles. The minimum atomic E-state index is 0.321. The lowest BCUT2D eigenvalue weighted by Gasteiger charge is -2.35. The number of morpholine rings is 1. The van der Waals surface area contributed by atoms with Crippen molar-refractivity contribution in [1.82, 2.24) is 4.90 Å². The molecule has 1 saturated heterocycles. The molecular weight excluding hydrogens is 250 g/mol. The van der Waals surface area contributed by atoms with E-state index < -0.39 is 0 Å². The number of aryl methyl sites for hydroxylation is 2. The fourth-order valence-corrected chi connectivity index (χ4v) is 2.90. The highest BCUT2D eigenvalue weighted by atomic mass is 16.5. The highest BCUT2D eigenvalue weighted by Crippen LogP contribution is 2.23. The summed E-state index contributed by atoms with van der Waals surface area (Å²) in [5.74, 6) is 1.02. The van der Waals surface area contributed by atoms with Crippen molar-refractivity contribution in [2.45, 2.75) is 46.8 Å². The van der Waals surface area contributed by atoms with Gasteiger partial charge < -0.3 is 9.47 Å². The predicted molar refractivity (Wildman–Crippen MR) is 82.6 cm³/mol. The van der Waals surface area contributed by atoms with Crippen LogP contribution in [0.25, 0.3) is 0 Å². The minimum absolute atomic E-state index is 0.321. The monoisotopic (exact) mass is 277 g/mol. The van der Waals surface area contributed by atoms with Crippen molar-refractivity contribution < 1.29 is 9.47 Å². The summed E-state index contributed by atoms with van der Waals surface area (Å²) in [4.78, 5) is 2.43. The Hall–Kier alpha value is -1.06. The fourth-order valence-electron chi connectivity index (χ4n) is 2.90. The normalized spacial score (nSPS) is 23.9. The van der Waals surface area contributed by atoms with E-state index in [9.17, 15) is 0 Å². The Bertz CT molecular complexity index is 449. The molecule has 112 valence electrons. The number of benzene rings is 1. The van der Waals surface area contributed by atoms with Gasteiger partial charge in [0.1, 0.15) is 12.4 Å². The average Bonchev–Trinajstić information content (AvgIpc) is 2.34. The standard InChI is InChI=1S/C17H27NO2/c1-12-8-13(2)16(5)17(9-12)19-7-6-18-10-14(3)20-15(4)11-18/h8-9,14-15H,6-7,10-11H2,1-5H3/t14-,15-/m1/s1. The molecule has 1 aliphatic rings. The summed E-state index contributed by atoms with van der Waals surface area (Å²) in [6.07, 6.45) is 0.642. The third-order valence-electron chi connectivity index (χ3n) is 3.92. The average molecular weight is 277 g/mol. The molecule has 3 heteroatoms. The van der Waals surface area contributed by atoms with Crippen LogP contribution in [0.15, 0.2) is 12.1 Å². The molecule has 3 nitrogen and oxygen atoms in total. The van der Waals surface area contributed by atoms with Gasteiger partial charge in [0.2, 0.25) is 0 Å². The molecule has 0 aromatic heterocycles. The molecule has 20 heavy (non-hydrogen) atoms. The Morgan fingerprint density at radius 2 is 1.80 bits per heavy atom. The summed E-state index contributed by atoms with van der Waals surface area (Å²) >= 11 is 0. The van der Waals surface area contributed by atoms with Crippen LogP contribution in [-0.4, -0.2) is 43.3 Å². The molecule has 2 atom stereocenters. The number of hydrogen-bond acceptors (Lipinski definition) is 3. The summed E-state index contributed by atoms with van der Waals surface area (Å²) < 4.78 is 11.7. The molecule has 0 N–H and O–H groups in total. The molecule has 1 heterocycles. The van der Waals surface area contributed by atoms with E-state index in [1.807, 2.05) is 0 Å². The third kappa shape index (κ3) is 3.97. The lowest BCUT2D eigenvalue weighted by atomic mass is 10.1. The van der Waals surface area contributed by atoms with Gasteiger partial charge in [-0.1, -0.05) is 6.07 Å². The van der Waals surface area contributed by atoms with Crippen LogP contribution in [0.5, 0.6) is 5.75 Å². The molecule has 1 fully saturated rings. The Morgan fingerprint density at radius 3 is 2.45 bits per heavy atom. The highest BCUT2D eigenvalue weighted by Gasteiger charge is 2.21. The number of rotatable bonds is 4. The summed E-state index contributed by atoms with van der Waals surface area (Å²) in [7, 11) is 0. The van der Waals surface area contributed by atoms with E-state index in [1.165, 1.54) is 16.7 Å². The van der Waals surface area contributed by atoms with E-state index in [2.05, 4.69) is 51.7 Å². The minimum Gasteiger partial charge on any atom is -0.492 e. The largest absolute Gasteiger partial charge is 0.492 e. The van der Waals surface area contributed by atoms with Gasteiger partial charge in [-0.05, 0) is 57.4 Å². The second kappa shape index (κ2) is 6.59. The molecule has 0 saturated carbocycles. The van der Waals surface area contributed by atoms with Crippen LogP contribution in [-0.2, 0) is 4.74 Å². The van der Waals surface area contributed by atoms with Gasteiger partial charge in [-0.2, -0.15) is 0 Å². The Kier molecular flexibility index (Phi) is 5.06. The van der Waals surface area contributed by atoms with Crippen molar-refractivity contribution in [1.29, 1.82) is 0 Å². The molecule has 0 unspecified atom stereocenters. The molecular formula is C17H27NO2. The first-order chi connectivity index (χ1) is 9.45. The SMILES string of the molecule is Cc1cc(C)c(C)c(OCCN2C[C@@H](C)O[C@H](C)C2)c1. The number of nitrogens with zero attached hydrogens (tertiary/aromatic N) is 1. The lowest BCUT2D eigenvalue weighted by molar-refractivity contribution is -0.0699. The summed E-state index contributed by atoms with van der Waals surface area (Å²) in [6, 6.07) is 4.33. The van der Waals surface area contributed by atoms with Crippen molar-refractivity contribution in [2.24, 2.45) is 0 Å². The van der Waals surface area contributed by atoms with E-state index in [0.717, 1.165) is 32.0 Å². The number of ether oxygens (including phenoxy) is 2. The smallest absolute Gasteiger partial charge is 0.122 e. The van der Waals surface area contributed by atoms with E-state index >= 15 is 0 Å². The van der Waals surface area contributed by atoms with E-state index in [-0.39, 0.29) is 0 Å². The lowest BCUT2D eigenvalue weighted by Crippen LogP contribution is -2.46. The predicted octanol–water partition coefficient (Wildman–Crippen LogP) is 3.10. The first kappa shape index (κ1) is 15.3. The van der Waals surface area contributed by atoms with Crippen LogP contribution in [0.2, 0.25) is 0 Å². The van der Waals surface area contributed by atoms with Crippen LogP contribution in [0.4, 0.5) is 0 Å². The van der Waals surface area contributed by atoms with E-state index in [1.54, 1.807) is 0 Å². The van der Waals surface area contributed by atoms with Crippen molar-refractivity contribution >= 4 is 0 Å². The highest BCUT2D eigenvalue weighted by molar-refractivity contribution is 5.41. The zero-order chi connectivity index (χ0) is 14.7. The molecule has 2 rings (SSSR count). The summed E-state index contributed by atoms with van der Waals surface area (Å²) in [5, 5.41) is 0. The Labute approximate surface area is 122 Å². The maximum absolute atomic E-state index is 5.99. The van der Waals surface area contributed by atoms with Crippen molar-refractivity contribution in [2.75, 3.05) is 26.2 Å². The molecule has 1 aromatic rings. The zero-order valence-electron chi connectivity index (χ0n) is 13.4. The van der Waals surface area contributed by atoms with Crippen LogP contribution >= 0.6 is 0 Å². The quantitative estimate of drug-likeness (QED) is 0.844. The topological polar surface area (TPSA) is 21.7 Å². The maximum Gasteiger partial charge on any atom is 0.122 e.